The molecule has 2 atom stereocenters. The molecule has 0 saturated carbocycles. The quantitative estimate of drug-likeness (QED) is 0.676. The first-order valence-corrected chi connectivity index (χ1v) is 11.3. The molecule has 9 heteroatoms. The highest BCUT2D eigenvalue weighted by molar-refractivity contribution is 7.91. The third kappa shape index (κ3) is 4.48. The summed E-state index contributed by atoms with van der Waals surface area (Å²) < 4.78 is 33.4. The molecule has 1 aromatic heterocycles. The van der Waals surface area contributed by atoms with Gasteiger partial charge in [-0.1, -0.05) is 24.3 Å². The van der Waals surface area contributed by atoms with E-state index in [2.05, 4.69) is 13.0 Å². The van der Waals surface area contributed by atoms with Gasteiger partial charge in [0, 0.05) is 26.1 Å². The lowest BCUT2D eigenvalue weighted by atomic mass is 10.1. The Morgan fingerprint density at radius 2 is 2.11 bits per heavy atom. The number of aryl methyl sites for hydroxylation is 1. The molecule has 0 spiro atoms. The number of hydrogen-bond donors (Lipinski definition) is 1. The maximum Gasteiger partial charge on any atom is 0.202 e. The lowest BCUT2D eigenvalue weighted by Crippen LogP contribution is -3.16. The van der Waals surface area contributed by atoms with Gasteiger partial charge in [0.15, 0.2) is 22.3 Å². The molecular formula is C18H27N4O3S2+. The summed E-state index contributed by atoms with van der Waals surface area (Å²) in [5, 5.41) is 4.76. The Morgan fingerprint density at radius 1 is 1.37 bits per heavy atom. The van der Waals surface area contributed by atoms with Crippen LogP contribution in [0.15, 0.2) is 24.3 Å². The molecule has 0 radical (unpaired) electrons. The van der Waals surface area contributed by atoms with Crippen LogP contribution in [0.5, 0.6) is 0 Å². The van der Waals surface area contributed by atoms with E-state index in [1.54, 1.807) is 7.11 Å². The minimum Gasteiger partial charge on any atom is -0.379 e. The summed E-state index contributed by atoms with van der Waals surface area (Å²) in [6, 6.07) is 8.13. The zero-order valence-corrected chi connectivity index (χ0v) is 17.6. The molecule has 0 bridgehead atoms. The zero-order chi connectivity index (χ0) is 19.6. The molecule has 1 aliphatic rings. The fourth-order valence-corrected chi connectivity index (χ4v) is 5.62. The molecular weight excluding hydrogens is 384 g/mol. The van der Waals surface area contributed by atoms with Gasteiger partial charge in [0.1, 0.15) is 18.3 Å². The summed E-state index contributed by atoms with van der Waals surface area (Å²) in [5.74, 6) is 1.30. The summed E-state index contributed by atoms with van der Waals surface area (Å²) in [7, 11) is 0.636. The van der Waals surface area contributed by atoms with Gasteiger partial charge in [0.25, 0.3) is 0 Å². The van der Waals surface area contributed by atoms with Gasteiger partial charge in [0.2, 0.25) is 4.77 Å². The minimum atomic E-state index is -2.94. The highest BCUT2D eigenvalue weighted by atomic mass is 32.2. The number of quaternary nitrogens is 1. The second-order valence-electron chi connectivity index (χ2n) is 7.14. The van der Waals surface area contributed by atoms with E-state index < -0.39 is 9.84 Å². The molecule has 7 nitrogen and oxygen atoms in total. The van der Waals surface area contributed by atoms with Gasteiger partial charge in [-0.25, -0.2) is 8.42 Å². The maximum absolute atomic E-state index is 11.9. The Hall–Kier alpha value is -1.55. The van der Waals surface area contributed by atoms with Gasteiger partial charge in [-0.05, 0) is 24.7 Å². The molecule has 3 rings (SSSR count). The molecule has 1 N–H and O–H groups in total. The molecule has 2 aromatic rings. The molecule has 27 heavy (non-hydrogen) atoms. The summed E-state index contributed by atoms with van der Waals surface area (Å²) in [5.41, 5.74) is 2.19. The average Bonchev–Trinajstić information content (AvgIpc) is 3.13. The number of methoxy groups -OCH3 is 1. The number of hydrogen-bond acceptors (Lipinski definition) is 5. The van der Waals surface area contributed by atoms with Crippen molar-refractivity contribution < 1.29 is 18.1 Å². The van der Waals surface area contributed by atoms with Crippen molar-refractivity contribution >= 4 is 22.1 Å². The van der Waals surface area contributed by atoms with Crippen LogP contribution in [0.2, 0.25) is 0 Å². The highest BCUT2D eigenvalue weighted by Gasteiger charge is 2.35. The Bertz CT molecular complexity index is 965. The van der Waals surface area contributed by atoms with Gasteiger partial charge >= 0.3 is 0 Å². The number of ether oxygens (including phenoxy) is 1. The van der Waals surface area contributed by atoms with Crippen molar-refractivity contribution in [1.29, 1.82) is 0 Å². The van der Waals surface area contributed by atoms with Crippen molar-refractivity contribution in [2.75, 3.05) is 31.8 Å². The van der Waals surface area contributed by atoms with Crippen molar-refractivity contribution in [2.45, 2.75) is 26.1 Å². The molecule has 148 valence electrons. The van der Waals surface area contributed by atoms with Crippen molar-refractivity contribution in [2.24, 2.45) is 7.05 Å². The third-order valence-electron chi connectivity index (χ3n) is 5.22. The first-order valence-electron chi connectivity index (χ1n) is 9.06. The van der Waals surface area contributed by atoms with Gasteiger partial charge in [-0.15, -0.1) is 5.10 Å². The van der Waals surface area contributed by atoms with Gasteiger partial charge in [0.05, 0.1) is 12.4 Å². The number of sulfone groups is 1. The van der Waals surface area contributed by atoms with Crippen molar-refractivity contribution in [3.05, 3.63) is 34.6 Å². The highest BCUT2D eigenvalue weighted by Crippen LogP contribution is 2.21. The Morgan fingerprint density at radius 3 is 2.74 bits per heavy atom. The SMILES string of the molecule is COCC[NH+](Cn1nc(-c2ccccc2C)n(C)c1=S)[C@@H]1CCS(=O)(=O)C1. The second kappa shape index (κ2) is 8.22. The summed E-state index contributed by atoms with van der Waals surface area (Å²) in [4.78, 5) is 1.14. The fourth-order valence-electron chi connectivity index (χ4n) is 3.60. The van der Waals surface area contributed by atoms with Crippen LogP contribution in [-0.2, 0) is 28.3 Å². The van der Waals surface area contributed by atoms with E-state index in [1.807, 2.05) is 34.5 Å². The van der Waals surface area contributed by atoms with E-state index in [9.17, 15) is 8.42 Å². The Balaban J connectivity index is 1.89. The zero-order valence-electron chi connectivity index (χ0n) is 16.0. The molecule has 1 fully saturated rings. The summed E-state index contributed by atoms with van der Waals surface area (Å²) in [6.45, 7) is 3.87. The maximum atomic E-state index is 11.9. The van der Waals surface area contributed by atoms with Crippen LogP contribution in [0.3, 0.4) is 0 Å². The van der Waals surface area contributed by atoms with Crippen LogP contribution in [0.4, 0.5) is 0 Å². The van der Waals surface area contributed by atoms with Crippen LogP contribution < -0.4 is 4.90 Å². The number of nitrogens with one attached hydrogen (secondary N) is 1. The first-order chi connectivity index (χ1) is 12.8. The Kier molecular flexibility index (Phi) is 6.15. The molecule has 0 amide bonds. The van der Waals surface area contributed by atoms with E-state index in [0.29, 0.717) is 31.0 Å². The standard InChI is InChI=1S/C18H26N4O3S2/c1-14-6-4-5-7-16(14)17-19-22(18(26)20(17)2)13-21(9-10-25-3)15-8-11-27(23,24)12-15/h4-7,15H,8-13H2,1-3H3/p+1/t15-/m1/s1. The van der Waals surface area contributed by atoms with Gasteiger partial charge in [-0.2, -0.15) is 4.68 Å². The fraction of sp³-hybridized carbons (Fsp3) is 0.556. The van der Waals surface area contributed by atoms with E-state index in [4.69, 9.17) is 22.1 Å². The lowest BCUT2D eigenvalue weighted by molar-refractivity contribution is -0.945. The molecule has 1 unspecified atom stereocenters. The van der Waals surface area contributed by atoms with E-state index >= 15 is 0 Å². The topological polar surface area (TPSA) is 70.6 Å². The van der Waals surface area contributed by atoms with Gasteiger partial charge < -0.3 is 14.2 Å². The van der Waals surface area contributed by atoms with Crippen LogP contribution in [0.1, 0.15) is 12.0 Å². The Labute approximate surface area is 165 Å². The van der Waals surface area contributed by atoms with Crippen LogP contribution in [-0.4, -0.2) is 60.6 Å². The smallest absolute Gasteiger partial charge is 0.202 e. The summed E-state index contributed by atoms with van der Waals surface area (Å²) in [6.07, 6.45) is 0.673. The number of nitrogens with zero attached hydrogens (tertiary/aromatic N) is 3. The lowest BCUT2D eigenvalue weighted by Gasteiger charge is -2.24. The molecule has 0 aliphatic carbocycles. The van der Waals surface area contributed by atoms with E-state index in [-0.39, 0.29) is 17.5 Å². The minimum absolute atomic E-state index is 0.0518. The number of aromatic nitrogens is 3. The van der Waals surface area contributed by atoms with E-state index in [1.165, 1.54) is 0 Å². The van der Waals surface area contributed by atoms with Crippen LogP contribution in [0, 0.1) is 11.7 Å². The monoisotopic (exact) mass is 411 g/mol. The van der Waals surface area contributed by atoms with Crippen LogP contribution in [0.25, 0.3) is 11.4 Å². The molecule has 1 aromatic carbocycles. The van der Waals surface area contributed by atoms with Crippen molar-refractivity contribution in [1.82, 2.24) is 14.3 Å². The third-order valence-corrected chi connectivity index (χ3v) is 7.47. The molecule has 2 heterocycles. The van der Waals surface area contributed by atoms with Crippen molar-refractivity contribution in [3.63, 3.8) is 0 Å². The van der Waals surface area contributed by atoms with E-state index in [0.717, 1.165) is 21.9 Å². The number of benzene rings is 1. The number of rotatable bonds is 7. The van der Waals surface area contributed by atoms with Crippen molar-refractivity contribution in [3.8, 4) is 11.4 Å². The first kappa shape index (κ1) is 20.2. The normalized spacial score (nSPS) is 20.0. The summed E-state index contributed by atoms with van der Waals surface area (Å²) >= 11 is 5.61. The predicted molar refractivity (Wildman–Crippen MR) is 107 cm³/mol. The predicted octanol–water partition coefficient (Wildman–Crippen LogP) is 0.602. The second-order valence-corrected chi connectivity index (χ2v) is 9.73. The van der Waals surface area contributed by atoms with Gasteiger partial charge in [-0.3, -0.25) is 0 Å². The largest absolute Gasteiger partial charge is 0.379 e. The average molecular weight is 412 g/mol. The van der Waals surface area contributed by atoms with Crippen LogP contribution >= 0.6 is 12.2 Å². The molecule has 1 saturated heterocycles. The molecule has 1 aliphatic heterocycles.